The number of hydrogen-bond donors (Lipinski definition) is 0. The highest BCUT2D eigenvalue weighted by atomic mass is 32.2. The molecule has 0 aromatic heterocycles. The van der Waals surface area contributed by atoms with E-state index in [4.69, 9.17) is 0 Å². The normalized spacial score (nSPS) is 22.1. The molecule has 3 rings (SSSR count). The van der Waals surface area contributed by atoms with Crippen LogP contribution in [0.2, 0.25) is 0 Å². The first-order valence-corrected chi connectivity index (χ1v) is 7.97. The van der Waals surface area contributed by atoms with Gasteiger partial charge < -0.3 is 0 Å². The lowest BCUT2D eigenvalue weighted by Gasteiger charge is -2.09. The van der Waals surface area contributed by atoms with Gasteiger partial charge in [-0.1, -0.05) is 72.4 Å². The summed E-state index contributed by atoms with van der Waals surface area (Å²) in [5.74, 6) is 0.191. The molecule has 2 heteroatoms. The van der Waals surface area contributed by atoms with E-state index < -0.39 is 0 Å². The van der Waals surface area contributed by atoms with Crippen molar-refractivity contribution < 1.29 is 4.79 Å². The van der Waals surface area contributed by atoms with Crippen LogP contribution >= 0.6 is 11.8 Å². The van der Waals surface area contributed by atoms with Crippen LogP contribution < -0.4 is 0 Å². The molecule has 0 saturated carbocycles. The molecule has 0 N–H and O–H groups in total. The molecule has 1 nitrogen and oxygen atoms in total. The van der Waals surface area contributed by atoms with Gasteiger partial charge in [-0.05, 0) is 30.4 Å². The third kappa shape index (κ3) is 3.31. The van der Waals surface area contributed by atoms with Gasteiger partial charge in [0, 0.05) is 11.2 Å². The van der Waals surface area contributed by atoms with Gasteiger partial charge in [0.25, 0.3) is 0 Å². The van der Waals surface area contributed by atoms with Gasteiger partial charge in [-0.15, -0.1) is 0 Å². The Kier molecular flexibility index (Phi) is 4.22. The molecule has 2 aromatic rings. The number of hydrogen-bond acceptors (Lipinski definition) is 2. The summed E-state index contributed by atoms with van der Waals surface area (Å²) in [5, 5.41) is 0.813. The van der Waals surface area contributed by atoms with Gasteiger partial charge in [0.15, 0.2) is 5.12 Å². The van der Waals surface area contributed by atoms with Crippen LogP contribution in [0.4, 0.5) is 0 Å². The van der Waals surface area contributed by atoms with Crippen molar-refractivity contribution in [2.45, 2.75) is 24.5 Å². The topological polar surface area (TPSA) is 17.1 Å². The zero-order valence-electron chi connectivity index (χ0n) is 11.4. The molecule has 0 radical (unpaired) electrons. The highest BCUT2D eigenvalue weighted by molar-refractivity contribution is 8.14. The molecule has 2 aromatic carbocycles. The maximum atomic E-state index is 12.1. The molecule has 1 heterocycles. The molecule has 1 aliphatic rings. The van der Waals surface area contributed by atoms with E-state index in [1.807, 2.05) is 24.3 Å². The predicted octanol–water partition coefficient (Wildman–Crippen LogP) is 4.12. The zero-order chi connectivity index (χ0) is 13.8. The van der Waals surface area contributed by atoms with E-state index in [-0.39, 0.29) is 5.92 Å². The third-order valence-corrected chi connectivity index (χ3v) is 5.05. The minimum absolute atomic E-state index is 0.191. The van der Waals surface area contributed by atoms with E-state index in [9.17, 15) is 4.79 Å². The molecule has 20 heavy (non-hydrogen) atoms. The molecular weight excluding hydrogens is 264 g/mol. The van der Waals surface area contributed by atoms with Crippen molar-refractivity contribution >= 4 is 16.9 Å². The van der Waals surface area contributed by atoms with E-state index in [0.29, 0.717) is 10.4 Å². The van der Waals surface area contributed by atoms with E-state index in [0.717, 1.165) is 19.3 Å². The average molecular weight is 282 g/mol. The smallest absolute Gasteiger partial charge is 0.192 e. The lowest BCUT2D eigenvalue weighted by molar-refractivity contribution is -0.113. The number of carbonyl (C=O) groups excluding carboxylic acids is 1. The van der Waals surface area contributed by atoms with Gasteiger partial charge in [0.05, 0.1) is 0 Å². The van der Waals surface area contributed by atoms with Gasteiger partial charge in [-0.25, -0.2) is 0 Å². The second-order valence-electron chi connectivity index (χ2n) is 5.37. The van der Waals surface area contributed by atoms with Crippen LogP contribution in [0.1, 0.15) is 17.5 Å². The van der Waals surface area contributed by atoms with Crippen LogP contribution in [0.15, 0.2) is 60.7 Å². The fraction of sp³-hybridized carbons (Fsp3) is 0.278. The van der Waals surface area contributed by atoms with Crippen LogP contribution in [0.25, 0.3) is 0 Å². The number of carbonyl (C=O) groups is 1. The Labute approximate surface area is 124 Å². The van der Waals surface area contributed by atoms with E-state index in [1.165, 1.54) is 11.1 Å². The first-order valence-electron chi connectivity index (χ1n) is 7.09. The largest absolute Gasteiger partial charge is 0.287 e. The van der Waals surface area contributed by atoms with Crippen LogP contribution in [-0.4, -0.2) is 10.4 Å². The molecule has 0 aliphatic carbocycles. The maximum absolute atomic E-state index is 12.1. The van der Waals surface area contributed by atoms with Gasteiger partial charge in [-0.3, -0.25) is 4.79 Å². The Bertz CT molecular complexity index is 564. The van der Waals surface area contributed by atoms with Crippen molar-refractivity contribution in [3.05, 3.63) is 71.8 Å². The fourth-order valence-corrected chi connectivity index (χ4v) is 4.09. The van der Waals surface area contributed by atoms with Crippen LogP contribution in [0, 0.1) is 5.92 Å². The van der Waals surface area contributed by atoms with Gasteiger partial charge in [0.1, 0.15) is 0 Å². The van der Waals surface area contributed by atoms with Crippen LogP contribution in [0.5, 0.6) is 0 Å². The lowest BCUT2D eigenvalue weighted by Crippen LogP contribution is -2.09. The first-order chi connectivity index (χ1) is 9.81. The standard InChI is InChI=1S/C18H18OS/c19-18-16(11-14-7-3-1-4-8-14)13-17(20-18)12-15-9-5-2-6-10-15/h1-10,16-17H,11-13H2/t16-,17-/m1/s1. The molecule has 0 unspecified atom stereocenters. The average Bonchev–Trinajstić information content (AvgIpc) is 2.81. The van der Waals surface area contributed by atoms with Crippen molar-refractivity contribution in [3.8, 4) is 0 Å². The van der Waals surface area contributed by atoms with Crippen LogP contribution in [0.3, 0.4) is 0 Å². The second-order valence-corrected chi connectivity index (χ2v) is 6.68. The summed E-state index contributed by atoms with van der Waals surface area (Å²) < 4.78 is 0. The summed E-state index contributed by atoms with van der Waals surface area (Å²) in [6, 6.07) is 20.8. The quantitative estimate of drug-likeness (QED) is 0.839. The van der Waals surface area contributed by atoms with Crippen LogP contribution in [-0.2, 0) is 17.6 Å². The Balaban J connectivity index is 1.61. The summed E-state index contributed by atoms with van der Waals surface area (Å²) in [5.41, 5.74) is 2.60. The zero-order valence-corrected chi connectivity index (χ0v) is 12.2. The third-order valence-electron chi connectivity index (χ3n) is 3.79. The molecule has 0 bridgehead atoms. The molecule has 102 valence electrons. The van der Waals surface area contributed by atoms with Crippen molar-refractivity contribution in [1.29, 1.82) is 0 Å². The summed E-state index contributed by atoms with van der Waals surface area (Å²) in [4.78, 5) is 12.1. The molecule has 2 atom stereocenters. The van der Waals surface area contributed by atoms with E-state index in [1.54, 1.807) is 11.8 Å². The molecule has 1 aliphatic heterocycles. The molecular formula is C18H18OS. The summed E-state index contributed by atoms with van der Waals surface area (Å²) in [7, 11) is 0. The number of rotatable bonds is 4. The van der Waals surface area contributed by atoms with E-state index >= 15 is 0 Å². The summed E-state index contributed by atoms with van der Waals surface area (Å²) in [6.45, 7) is 0. The maximum Gasteiger partial charge on any atom is 0.192 e. The molecule has 1 saturated heterocycles. The van der Waals surface area contributed by atoms with Gasteiger partial charge in [-0.2, -0.15) is 0 Å². The summed E-state index contributed by atoms with van der Waals surface area (Å²) >= 11 is 1.55. The first kappa shape index (κ1) is 13.4. The number of benzene rings is 2. The Morgan fingerprint density at radius 1 is 0.850 bits per heavy atom. The lowest BCUT2D eigenvalue weighted by atomic mass is 9.94. The molecule has 1 fully saturated rings. The minimum Gasteiger partial charge on any atom is -0.287 e. The number of thioether (sulfide) groups is 1. The minimum atomic E-state index is 0.191. The second kappa shape index (κ2) is 6.27. The highest BCUT2D eigenvalue weighted by Gasteiger charge is 2.33. The van der Waals surface area contributed by atoms with Crippen molar-refractivity contribution in [2.75, 3.05) is 0 Å². The Morgan fingerprint density at radius 2 is 1.40 bits per heavy atom. The fourth-order valence-electron chi connectivity index (χ4n) is 2.79. The van der Waals surface area contributed by atoms with Crippen molar-refractivity contribution in [2.24, 2.45) is 5.92 Å². The Hall–Kier alpha value is -1.54. The predicted molar refractivity (Wildman–Crippen MR) is 84.8 cm³/mol. The summed E-state index contributed by atoms with van der Waals surface area (Å²) in [6.07, 6.45) is 2.90. The monoisotopic (exact) mass is 282 g/mol. The van der Waals surface area contributed by atoms with E-state index in [2.05, 4.69) is 36.4 Å². The SMILES string of the molecule is O=C1S[C@H](Cc2ccccc2)C[C@H]1Cc1ccccc1. The van der Waals surface area contributed by atoms with Crippen molar-refractivity contribution in [3.63, 3.8) is 0 Å². The highest BCUT2D eigenvalue weighted by Crippen LogP contribution is 2.36. The van der Waals surface area contributed by atoms with Gasteiger partial charge in [0.2, 0.25) is 0 Å². The van der Waals surface area contributed by atoms with Crippen molar-refractivity contribution in [1.82, 2.24) is 0 Å². The molecule has 0 amide bonds. The Morgan fingerprint density at radius 3 is 2.00 bits per heavy atom. The molecule has 0 spiro atoms. The van der Waals surface area contributed by atoms with Gasteiger partial charge >= 0.3 is 0 Å².